The molecule has 11 heteroatoms. The van der Waals surface area contributed by atoms with Crippen molar-refractivity contribution in [2.45, 2.75) is 75.5 Å². The highest BCUT2D eigenvalue weighted by Gasteiger charge is 2.75. The molecule has 0 radical (unpaired) electrons. The molecule has 250 valence electrons. The highest BCUT2D eigenvalue weighted by Crippen LogP contribution is 2.59. The van der Waals surface area contributed by atoms with Crippen LogP contribution in [0, 0.1) is 11.8 Å². The minimum atomic E-state index is -1.32. The number of para-hydroxylation sites is 1. The zero-order chi connectivity index (χ0) is 33.9. The lowest BCUT2D eigenvalue weighted by Crippen LogP contribution is -2.58. The second kappa shape index (κ2) is 14.4. The maximum Gasteiger partial charge on any atom is 0.313 e. The standard InChI is InChI=1S/C36H42ClN3O7/c1-5-7-17-28(42)38-23(4)31(24-13-9-8-10-14-24)46-35(45)29-27-18-19-36(47-27)30(29)33(43)40(22(3)21-41)32(36)34(44)39(20-6-2)26-16-12-11-15-25(26)37/h5-6,8-16,22-23,27,29-32,41H,1-2,7,17-21H2,3-4H3,(H,38,42)/t22-,23+,27+,29-,30-,31+,32+,36-/m1/s1. The van der Waals surface area contributed by atoms with Crippen molar-refractivity contribution < 1.29 is 33.8 Å². The summed E-state index contributed by atoms with van der Waals surface area (Å²) >= 11 is 6.52. The molecule has 0 saturated carbocycles. The fourth-order valence-electron chi connectivity index (χ4n) is 7.39. The zero-order valence-electron chi connectivity index (χ0n) is 26.7. The highest BCUT2D eigenvalue weighted by atomic mass is 35.5. The molecule has 0 unspecified atom stereocenters. The first kappa shape index (κ1) is 34.3. The van der Waals surface area contributed by atoms with Gasteiger partial charge >= 0.3 is 5.97 Å². The van der Waals surface area contributed by atoms with E-state index < -0.39 is 72.2 Å². The van der Waals surface area contributed by atoms with E-state index in [0.29, 0.717) is 35.5 Å². The Morgan fingerprint density at radius 2 is 1.85 bits per heavy atom. The highest BCUT2D eigenvalue weighted by molar-refractivity contribution is 6.34. The first-order chi connectivity index (χ1) is 22.6. The molecule has 2 N–H and O–H groups in total. The summed E-state index contributed by atoms with van der Waals surface area (Å²) < 4.78 is 12.7. The number of nitrogens with one attached hydrogen (secondary N) is 1. The lowest BCUT2D eigenvalue weighted by Gasteiger charge is -2.38. The van der Waals surface area contributed by atoms with Crippen LogP contribution in [-0.4, -0.2) is 76.7 Å². The van der Waals surface area contributed by atoms with Gasteiger partial charge in [-0.25, -0.2) is 0 Å². The molecule has 47 heavy (non-hydrogen) atoms. The number of benzene rings is 2. The minimum Gasteiger partial charge on any atom is -0.455 e. The van der Waals surface area contributed by atoms with Gasteiger partial charge in [0, 0.05) is 13.0 Å². The van der Waals surface area contributed by atoms with Gasteiger partial charge in [0.1, 0.15) is 17.7 Å². The Hall–Kier alpha value is -3.99. The smallest absolute Gasteiger partial charge is 0.313 e. The van der Waals surface area contributed by atoms with E-state index in [2.05, 4.69) is 18.5 Å². The summed E-state index contributed by atoms with van der Waals surface area (Å²) in [5, 5.41) is 13.5. The zero-order valence-corrected chi connectivity index (χ0v) is 27.5. The number of rotatable bonds is 14. The van der Waals surface area contributed by atoms with Crippen LogP contribution in [0.15, 0.2) is 79.9 Å². The van der Waals surface area contributed by atoms with Crippen molar-refractivity contribution in [2.75, 3.05) is 18.1 Å². The number of likely N-dealkylation sites (tertiary alicyclic amines) is 1. The monoisotopic (exact) mass is 663 g/mol. The van der Waals surface area contributed by atoms with Crippen LogP contribution in [0.2, 0.25) is 5.02 Å². The third-order valence-corrected chi connectivity index (χ3v) is 9.81. The number of hydrogen-bond donors (Lipinski definition) is 2. The lowest BCUT2D eigenvalue weighted by molar-refractivity contribution is -0.162. The number of carbonyl (C=O) groups is 4. The predicted molar refractivity (Wildman–Crippen MR) is 177 cm³/mol. The topological polar surface area (TPSA) is 125 Å². The number of anilines is 1. The number of amides is 3. The second-order valence-electron chi connectivity index (χ2n) is 12.5. The molecule has 1 spiro atoms. The summed E-state index contributed by atoms with van der Waals surface area (Å²) in [5.41, 5.74) is -0.196. The number of fused-ring (bicyclic) bond motifs is 1. The Morgan fingerprint density at radius 1 is 1.15 bits per heavy atom. The number of aliphatic hydroxyl groups is 1. The quantitative estimate of drug-likeness (QED) is 0.227. The van der Waals surface area contributed by atoms with Crippen molar-refractivity contribution in [3.8, 4) is 0 Å². The van der Waals surface area contributed by atoms with Crippen LogP contribution in [0.3, 0.4) is 0 Å². The predicted octanol–water partition coefficient (Wildman–Crippen LogP) is 4.37. The van der Waals surface area contributed by atoms with Crippen molar-refractivity contribution in [1.82, 2.24) is 10.2 Å². The molecule has 3 aliphatic heterocycles. The Balaban J connectivity index is 1.49. The van der Waals surface area contributed by atoms with E-state index in [1.54, 1.807) is 50.3 Å². The van der Waals surface area contributed by atoms with Crippen molar-refractivity contribution in [3.63, 3.8) is 0 Å². The number of aliphatic hydroxyl groups excluding tert-OH is 1. The van der Waals surface area contributed by atoms with Gasteiger partial charge in [-0.2, -0.15) is 0 Å². The number of esters is 1. The van der Waals surface area contributed by atoms with Crippen LogP contribution < -0.4 is 10.2 Å². The molecular weight excluding hydrogens is 622 g/mol. The van der Waals surface area contributed by atoms with E-state index in [4.69, 9.17) is 21.1 Å². The normalized spacial score (nSPS) is 26.2. The summed E-state index contributed by atoms with van der Waals surface area (Å²) in [7, 11) is 0. The van der Waals surface area contributed by atoms with E-state index in [9.17, 15) is 24.3 Å². The van der Waals surface area contributed by atoms with Crippen LogP contribution >= 0.6 is 11.6 Å². The molecule has 2 aromatic rings. The van der Waals surface area contributed by atoms with Gasteiger partial charge < -0.3 is 29.7 Å². The van der Waals surface area contributed by atoms with Crippen LogP contribution in [-0.2, 0) is 28.7 Å². The molecule has 3 amide bonds. The summed E-state index contributed by atoms with van der Waals surface area (Å²) in [6.07, 6.45) is 3.28. The SMILES string of the molecule is C=CCCC(=O)N[C@@H](C)[C@H](OC(=O)[C@@H]1[C@@H]2CC[C@]3(O2)[C@H](C(=O)N(CC=C)c2ccccc2Cl)N([C@H](C)CO)C(=O)[C@@H]13)c1ccccc1. The van der Waals surface area contributed by atoms with Gasteiger partial charge in [-0.1, -0.05) is 66.2 Å². The summed E-state index contributed by atoms with van der Waals surface area (Å²) in [4.78, 5) is 58.6. The van der Waals surface area contributed by atoms with Gasteiger partial charge in [-0.15, -0.1) is 13.2 Å². The van der Waals surface area contributed by atoms with Crippen LogP contribution in [0.1, 0.15) is 51.2 Å². The van der Waals surface area contributed by atoms with E-state index in [-0.39, 0.29) is 18.9 Å². The van der Waals surface area contributed by atoms with Gasteiger partial charge in [-0.05, 0) is 50.8 Å². The molecule has 5 rings (SSSR count). The van der Waals surface area contributed by atoms with E-state index >= 15 is 0 Å². The molecule has 3 saturated heterocycles. The number of ether oxygens (including phenoxy) is 2. The first-order valence-corrected chi connectivity index (χ1v) is 16.4. The Bertz CT molecular complexity index is 1520. The molecule has 3 fully saturated rings. The van der Waals surface area contributed by atoms with Gasteiger partial charge in [0.05, 0.1) is 47.3 Å². The van der Waals surface area contributed by atoms with Crippen molar-refractivity contribution >= 4 is 41.0 Å². The third-order valence-electron chi connectivity index (χ3n) is 9.49. The third kappa shape index (κ3) is 6.34. The number of carbonyl (C=O) groups excluding carboxylic acids is 4. The maximum atomic E-state index is 14.6. The van der Waals surface area contributed by atoms with Crippen LogP contribution in [0.5, 0.6) is 0 Å². The van der Waals surface area contributed by atoms with Crippen LogP contribution in [0.25, 0.3) is 0 Å². The molecule has 0 aromatic heterocycles. The van der Waals surface area contributed by atoms with E-state index in [1.165, 1.54) is 9.80 Å². The largest absolute Gasteiger partial charge is 0.455 e. The van der Waals surface area contributed by atoms with E-state index in [1.807, 2.05) is 30.3 Å². The average molecular weight is 664 g/mol. The number of hydrogen-bond acceptors (Lipinski definition) is 7. The Labute approximate surface area is 280 Å². The van der Waals surface area contributed by atoms with Crippen molar-refractivity contribution in [3.05, 3.63) is 90.5 Å². The molecule has 3 heterocycles. The van der Waals surface area contributed by atoms with Crippen molar-refractivity contribution in [2.24, 2.45) is 11.8 Å². The number of nitrogens with zero attached hydrogens (tertiary/aromatic N) is 2. The molecule has 0 aliphatic carbocycles. The molecular formula is C36H42ClN3O7. The van der Waals surface area contributed by atoms with Crippen molar-refractivity contribution in [1.29, 1.82) is 0 Å². The minimum absolute atomic E-state index is 0.111. The number of halogens is 1. The molecule has 3 aliphatic rings. The summed E-state index contributed by atoms with van der Waals surface area (Å²) in [5.74, 6) is -3.75. The average Bonchev–Trinajstić information content (AvgIpc) is 3.72. The van der Waals surface area contributed by atoms with Crippen LogP contribution in [0.4, 0.5) is 5.69 Å². The number of allylic oxidation sites excluding steroid dienone is 1. The van der Waals surface area contributed by atoms with Gasteiger partial charge in [0.25, 0.3) is 5.91 Å². The van der Waals surface area contributed by atoms with Gasteiger partial charge in [0.15, 0.2) is 0 Å². The molecule has 2 aromatic carbocycles. The maximum absolute atomic E-state index is 14.6. The molecule has 2 bridgehead atoms. The first-order valence-electron chi connectivity index (χ1n) is 16.0. The Kier molecular flexibility index (Phi) is 10.5. The molecule has 8 atom stereocenters. The van der Waals surface area contributed by atoms with Gasteiger partial charge in [-0.3, -0.25) is 19.2 Å². The van der Waals surface area contributed by atoms with Gasteiger partial charge in [0.2, 0.25) is 11.8 Å². The summed E-state index contributed by atoms with van der Waals surface area (Å²) in [6.45, 7) is 10.6. The molecule has 10 nitrogen and oxygen atoms in total. The fraction of sp³-hybridized carbons (Fsp3) is 0.444. The fourth-order valence-corrected chi connectivity index (χ4v) is 7.63. The Morgan fingerprint density at radius 3 is 2.51 bits per heavy atom. The lowest BCUT2D eigenvalue weighted by atomic mass is 9.70. The second-order valence-corrected chi connectivity index (χ2v) is 12.9. The van der Waals surface area contributed by atoms with E-state index in [0.717, 1.165) is 0 Å². The summed E-state index contributed by atoms with van der Waals surface area (Å²) in [6, 6.07) is 13.5.